The third-order valence-corrected chi connectivity index (χ3v) is 5.33. The van der Waals surface area contributed by atoms with E-state index in [4.69, 9.17) is 10.5 Å². The van der Waals surface area contributed by atoms with Gasteiger partial charge in [0.05, 0.1) is 18.2 Å². The van der Waals surface area contributed by atoms with Gasteiger partial charge in [0, 0.05) is 25.1 Å². The van der Waals surface area contributed by atoms with E-state index in [1.807, 2.05) is 24.3 Å². The summed E-state index contributed by atoms with van der Waals surface area (Å²) >= 11 is 0. The van der Waals surface area contributed by atoms with E-state index in [2.05, 4.69) is 36.6 Å². The normalized spacial score (nSPS) is 21.6. The molecule has 0 aromatic heterocycles. The smallest absolute Gasteiger partial charge is 0.247 e. The Labute approximate surface area is 174 Å². The van der Waals surface area contributed by atoms with Crippen LogP contribution in [0.15, 0.2) is 42.0 Å². The molecule has 0 aliphatic heterocycles. The summed E-state index contributed by atoms with van der Waals surface area (Å²) in [6.07, 6.45) is 5.44. The van der Waals surface area contributed by atoms with Crippen molar-refractivity contribution in [3.63, 3.8) is 0 Å². The molecular weight excluding hydrogens is 366 g/mol. The van der Waals surface area contributed by atoms with Crippen LogP contribution in [0.4, 0.5) is 0 Å². The van der Waals surface area contributed by atoms with Crippen LogP contribution >= 0.6 is 0 Å². The van der Waals surface area contributed by atoms with Crippen molar-refractivity contribution in [3.8, 4) is 0 Å². The second-order valence-corrected chi connectivity index (χ2v) is 7.67. The van der Waals surface area contributed by atoms with Gasteiger partial charge < -0.3 is 21.1 Å². The first-order chi connectivity index (χ1) is 13.9. The number of rotatable bonds is 10. The Balaban J connectivity index is 1.98. The lowest BCUT2D eigenvalue weighted by Crippen LogP contribution is -2.57. The third kappa shape index (κ3) is 7.29. The summed E-state index contributed by atoms with van der Waals surface area (Å²) in [5.74, 6) is -0.251. The van der Waals surface area contributed by atoms with Gasteiger partial charge in [-0.3, -0.25) is 9.59 Å². The average Bonchev–Trinajstić information content (AvgIpc) is 2.71. The van der Waals surface area contributed by atoms with Gasteiger partial charge >= 0.3 is 0 Å². The van der Waals surface area contributed by atoms with E-state index in [-0.39, 0.29) is 30.0 Å². The van der Waals surface area contributed by atoms with Crippen molar-refractivity contribution in [1.82, 2.24) is 10.6 Å². The summed E-state index contributed by atoms with van der Waals surface area (Å²) in [5.41, 5.74) is 8.22. The first-order valence-electron chi connectivity index (χ1n) is 10.7. The van der Waals surface area contributed by atoms with Crippen molar-refractivity contribution >= 4 is 11.8 Å². The molecule has 1 aliphatic rings. The van der Waals surface area contributed by atoms with Gasteiger partial charge in [-0.2, -0.15) is 0 Å². The molecular formula is C23H35N3O3. The number of nitrogens with one attached hydrogen (secondary N) is 2. The van der Waals surface area contributed by atoms with Crippen molar-refractivity contribution in [3.05, 3.63) is 47.5 Å². The summed E-state index contributed by atoms with van der Waals surface area (Å²) in [4.78, 5) is 24.3. The van der Waals surface area contributed by atoms with Crippen LogP contribution in [-0.2, 0) is 20.7 Å². The van der Waals surface area contributed by atoms with Gasteiger partial charge in [-0.15, -0.1) is 0 Å². The molecule has 0 bridgehead atoms. The topological polar surface area (TPSA) is 93.4 Å². The summed E-state index contributed by atoms with van der Waals surface area (Å²) in [6.45, 7) is 6.20. The van der Waals surface area contributed by atoms with E-state index in [9.17, 15) is 9.59 Å². The van der Waals surface area contributed by atoms with E-state index in [1.165, 1.54) is 12.5 Å². The largest absolute Gasteiger partial charge is 0.369 e. The van der Waals surface area contributed by atoms with Gasteiger partial charge in [0.15, 0.2) is 0 Å². The maximum Gasteiger partial charge on any atom is 0.247 e. The van der Waals surface area contributed by atoms with Crippen LogP contribution in [0.1, 0.15) is 52.0 Å². The Morgan fingerprint density at radius 2 is 1.90 bits per heavy atom. The highest BCUT2D eigenvalue weighted by Crippen LogP contribution is 2.23. The number of nitrogens with two attached hydrogens (primary N) is 1. The van der Waals surface area contributed by atoms with Crippen molar-refractivity contribution < 1.29 is 14.3 Å². The van der Waals surface area contributed by atoms with Crippen LogP contribution in [0.25, 0.3) is 0 Å². The van der Waals surface area contributed by atoms with Gasteiger partial charge in [0.25, 0.3) is 0 Å². The monoisotopic (exact) mass is 401 g/mol. The molecule has 1 aliphatic carbocycles. The zero-order valence-corrected chi connectivity index (χ0v) is 17.8. The fourth-order valence-electron chi connectivity index (χ4n) is 3.67. The van der Waals surface area contributed by atoms with Gasteiger partial charge in [0.1, 0.15) is 0 Å². The molecule has 0 spiro atoms. The van der Waals surface area contributed by atoms with E-state index < -0.39 is 6.10 Å². The van der Waals surface area contributed by atoms with Crippen LogP contribution in [0.2, 0.25) is 0 Å². The van der Waals surface area contributed by atoms with Crippen molar-refractivity contribution in [2.75, 3.05) is 6.54 Å². The Bertz CT molecular complexity index is 686. The number of carbonyl (C=O) groups excluding carboxylic acids is 2. The summed E-state index contributed by atoms with van der Waals surface area (Å²) in [5, 5.41) is 5.89. The molecule has 0 radical (unpaired) electrons. The molecule has 3 atom stereocenters. The zero-order chi connectivity index (χ0) is 21.2. The lowest BCUT2D eigenvalue weighted by Gasteiger charge is -2.36. The standard InChI is InChI=1S/C23H35N3O3/c1-4-19(5-2)29-21-15-18(14-20(24)22(21)26-16(3)27)23(28)25-13-9-12-17-10-7-6-8-11-17/h6-8,10-11,15,19-22H,4-5,9,12-14,24H2,1-3H3,(H,25,28)(H,26,27)/t20-,21+,22+/m0/s1. The lowest BCUT2D eigenvalue weighted by atomic mass is 9.87. The van der Waals surface area contributed by atoms with Crippen LogP contribution < -0.4 is 16.4 Å². The van der Waals surface area contributed by atoms with Crippen molar-refractivity contribution in [2.24, 2.45) is 5.73 Å². The molecule has 0 unspecified atom stereocenters. The number of hydrogen-bond donors (Lipinski definition) is 3. The van der Waals surface area contributed by atoms with Gasteiger partial charge in [-0.25, -0.2) is 0 Å². The summed E-state index contributed by atoms with van der Waals surface area (Å²) in [7, 11) is 0. The highest BCUT2D eigenvalue weighted by atomic mass is 16.5. The Morgan fingerprint density at radius 3 is 2.52 bits per heavy atom. The molecule has 1 aromatic carbocycles. The molecule has 2 rings (SSSR count). The van der Waals surface area contributed by atoms with E-state index in [1.54, 1.807) is 0 Å². The first kappa shape index (κ1) is 23.1. The van der Waals surface area contributed by atoms with Crippen molar-refractivity contribution in [1.29, 1.82) is 0 Å². The fourth-order valence-corrected chi connectivity index (χ4v) is 3.67. The predicted octanol–water partition coefficient (Wildman–Crippen LogP) is 2.47. The minimum absolute atomic E-state index is 0.0630. The van der Waals surface area contributed by atoms with E-state index in [0.717, 1.165) is 25.7 Å². The molecule has 4 N–H and O–H groups in total. The highest BCUT2D eigenvalue weighted by Gasteiger charge is 2.35. The number of benzene rings is 1. The van der Waals surface area contributed by atoms with E-state index in [0.29, 0.717) is 18.5 Å². The average molecular weight is 402 g/mol. The zero-order valence-electron chi connectivity index (χ0n) is 17.8. The number of aryl methyl sites for hydroxylation is 1. The molecule has 160 valence electrons. The molecule has 6 heteroatoms. The van der Waals surface area contributed by atoms with Gasteiger partial charge in [-0.1, -0.05) is 44.2 Å². The lowest BCUT2D eigenvalue weighted by molar-refractivity contribution is -0.121. The fraction of sp³-hybridized carbons (Fsp3) is 0.565. The molecule has 29 heavy (non-hydrogen) atoms. The second-order valence-electron chi connectivity index (χ2n) is 7.67. The van der Waals surface area contributed by atoms with Gasteiger partial charge in [-0.05, 0) is 43.7 Å². The molecule has 2 amide bonds. The third-order valence-electron chi connectivity index (χ3n) is 5.33. The molecule has 6 nitrogen and oxygen atoms in total. The molecule has 0 saturated carbocycles. The summed E-state index contributed by atoms with van der Waals surface area (Å²) < 4.78 is 6.19. The molecule has 0 heterocycles. The minimum Gasteiger partial charge on any atom is -0.369 e. The SMILES string of the molecule is CCC(CC)O[C@@H]1C=C(C(=O)NCCCc2ccccc2)C[C@H](N)[C@H]1NC(C)=O. The van der Waals surface area contributed by atoms with Crippen LogP contribution in [-0.4, -0.2) is 42.7 Å². The predicted molar refractivity (Wildman–Crippen MR) is 115 cm³/mol. The Morgan fingerprint density at radius 1 is 1.21 bits per heavy atom. The first-order valence-corrected chi connectivity index (χ1v) is 10.7. The molecule has 0 saturated heterocycles. The van der Waals surface area contributed by atoms with Crippen molar-refractivity contribution in [2.45, 2.75) is 77.2 Å². The van der Waals surface area contributed by atoms with Crippen LogP contribution in [0.5, 0.6) is 0 Å². The van der Waals surface area contributed by atoms with Crippen LogP contribution in [0, 0.1) is 0 Å². The molecule has 1 aromatic rings. The molecule has 0 fully saturated rings. The maximum absolute atomic E-state index is 12.7. The minimum atomic E-state index is -0.405. The maximum atomic E-state index is 12.7. The Hall–Kier alpha value is -2.18. The highest BCUT2D eigenvalue weighted by molar-refractivity contribution is 5.93. The quantitative estimate of drug-likeness (QED) is 0.525. The summed E-state index contributed by atoms with van der Waals surface area (Å²) in [6, 6.07) is 9.52. The Kier molecular flexibility index (Phi) is 9.35. The second kappa shape index (κ2) is 11.7. The van der Waals surface area contributed by atoms with Gasteiger partial charge in [0.2, 0.25) is 11.8 Å². The number of amides is 2. The number of carbonyl (C=O) groups is 2. The van der Waals surface area contributed by atoms with E-state index >= 15 is 0 Å². The van der Waals surface area contributed by atoms with Crippen LogP contribution in [0.3, 0.4) is 0 Å². The number of hydrogen-bond acceptors (Lipinski definition) is 4. The number of ether oxygens (including phenoxy) is 1.